The Morgan fingerprint density at radius 2 is 2.05 bits per heavy atom. The highest BCUT2D eigenvalue weighted by molar-refractivity contribution is 5.91. The number of carbonyl (C=O) groups is 1. The molecule has 0 unspecified atom stereocenters. The van der Waals surface area contributed by atoms with Crippen molar-refractivity contribution >= 4 is 12.0 Å². The van der Waals surface area contributed by atoms with Crippen LogP contribution in [-0.2, 0) is 24.9 Å². The molecule has 0 fully saturated rings. The minimum atomic E-state index is -0.123. The van der Waals surface area contributed by atoms with Crippen molar-refractivity contribution in [3.63, 3.8) is 0 Å². The Hall–Kier alpha value is -2.37. The zero-order valence-electron chi connectivity index (χ0n) is 12.9. The van der Waals surface area contributed by atoms with Crippen molar-refractivity contribution in [1.29, 1.82) is 0 Å². The van der Waals surface area contributed by atoms with Gasteiger partial charge >= 0.3 is 0 Å². The van der Waals surface area contributed by atoms with E-state index in [1.165, 1.54) is 6.08 Å². The zero-order valence-corrected chi connectivity index (χ0v) is 12.9. The van der Waals surface area contributed by atoms with Gasteiger partial charge in [0.05, 0.1) is 12.4 Å². The van der Waals surface area contributed by atoms with E-state index in [0.717, 1.165) is 29.1 Å². The average molecular weight is 287 g/mol. The van der Waals surface area contributed by atoms with Gasteiger partial charge in [0.15, 0.2) is 0 Å². The zero-order chi connectivity index (χ0) is 15.4. The molecule has 2 aromatic heterocycles. The number of aromatic nitrogens is 4. The molecular formula is C15H21N5O. The van der Waals surface area contributed by atoms with Crippen LogP contribution in [0, 0.1) is 13.8 Å². The normalized spacial score (nSPS) is 11.2. The average Bonchev–Trinajstić information content (AvgIpc) is 2.99. The molecule has 0 aromatic carbocycles. The van der Waals surface area contributed by atoms with Crippen LogP contribution >= 0.6 is 0 Å². The first-order chi connectivity index (χ1) is 10.0. The first-order valence-electron chi connectivity index (χ1n) is 6.98. The molecule has 2 heterocycles. The maximum absolute atomic E-state index is 11.8. The molecule has 0 aliphatic carbocycles. The molecule has 6 nitrogen and oxygen atoms in total. The molecule has 1 amide bonds. The van der Waals surface area contributed by atoms with Gasteiger partial charge in [0.2, 0.25) is 5.91 Å². The number of carbonyl (C=O) groups excluding carboxylic acids is 1. The lowest BCUT2D eigenvalue weighted by atomic mass is 10.2. The highest BCUT2D eigenvalue weighted by atomic mass is 16.1. The van der Waals surface area contributed by atoms with Gasteiger partial charge in [0, 0.05) is 48.7 Å². The summed E-state index contributed by atoms with van der Waals surface area (Å²) in [6.07, 6.45) is 6.87. The van der Waals surface area contributed by atoms with Gasteiger partial charge in [-0.05, 0) is 26.8 Å². The summed E-state index contributed by atoms with van der Waals surface area (Å²) in [5, 5.41) is 11.2. The number of aryl methyl sites for hydroxylation is 2. The van der Waals surface area contributed by atoms with E-state index in [1.54, 1.807) is 23.2 Å². The SMILES string of the molecule is CCn1ncc(C=CC(=O)NCc2cnn(C)c2C)c1C. The molecule has 6 heteroatoms. The third-order valence-electron chi connectivity index (χ3n) is 3.64. The number of hydrogen-bond donors (Lipinski definition) is 1. The van der Waals surface area contributed by atoms with Crippen LogP contribution in [-0.4, -0.2) is 25.5 Å². The lowest BCUT2D eigenvalue weighted by Gasteiger charge is -2.02. The molecule has 0 spiro atoms. The highest BCUT2D eigenvalue weighted by Crippen LogP contribution is 2.09. The molecule has 0 aliphatic rings. The Balaban J connectivity index is 1.93. The van der Waals surface area contributed by atoms with E-state index < -0.39 is 0 Å². The standard InChI is InChI=1S/C15H21N5O/c1-5-20-12(3)13(9-18-20)6-7-15(21)16-8-14-10-17-19(4)11(14)2/h6-7,9-10H,5,8H2,1-4H3,(H,16,21). The van der Waals surface area contributed by atoms with E-state index >= 15 is 0 Å². The van der Waals surface area contributed by atoms with E-state index in [4.69, 9.17) is 0 Å². The van der Waals surface area contributed by atoms with E-state index in [9.17, 15) is 4.79 Å². The Morgan fingerprint density at radius 3 is 2.62 bits per heavy atom. The largest absolute Gasteiger partial charge is 0.348 e. The molecule has 0 bridgehead atoms. The summed E-state index contributed by atoms with van der Waals surface area (Å²) in [7, 11) is 1.88. The summed E-state index contributed by atoms with van der Waals surface area (Å²) in [5.41, 5.74) is 4.10. The summed E-state index contributed by atoms with van der Waals surface area (Å²) in [5.74, 6) is -0.123. The fourth-order valence-electron chi connectivity index (χ4n) is 2.07. The fourth-order valence-corrected chi connectivity index (χ4v) is 2.07. The first-order valence-corrected chi connectivity index (χ1v) is 6.98. The number of amides is 1. The number of nitrogens with zero attached hydrogens (tertiary/aromatic N) is 4. The topological polar surface area (TPSA) is 64.7 Å². The van der Waals surface area contributed by atoms with Crippen molar-refractivity contribution in [1.82, 2.24) is 24.9 Å². The van der Waals surface area contributed by atoms with Crippen molar-refractivity contribution in [2.24, 2.45) is 7.05 Å². The number of rotatable bonds is 5. The summed E-state index contributed by atoms with van der Waals surface area (Å²) in [6, 6.07) is 0. The van der Waals surface area contributed by atoms with Crippen molar-refractivity contribution in [2.45, 2.75) is 33.9 Å². The van der Waals surface area contributed by atoms with Gasteiger partial charge in [-0.1, -0.05) is 0 Å². The Bertz CT molecular complexity index is 666. The molecule has 112 valence electrons. The third kappa shape index (κ3) is 3.39. The summed E-state index contributed by atoms with van der Waals surface area (Å²) in [4.78, 5) is 11.8. The second kappa shape index (κ2) is 6.39. The Kier molecular flexibility index (Phi) is 4.57. The minimum Gasteiger partial charge on any atom is -0.348 e. The molecule has 0 aliphatic heterocycles. The van der Waals surface area contributed by atoms with E-state index in [2.05, 4.69) is 15.5 Å². The first kappa shape index (κ1) is 15.0. The van der Waals surface area contributed by atoms with Crippen LogP contribution in [0.25, 0.3) is 6.08 Å². The quantitative estimate of drug-likeness (QED) is 0.849. The van der Waals surface area contributed by atoms with Crippen LogP contribution in [0.5, 0.6) is 0 Å². The van der Waals surface area contributed by atoms with E-state index in [-0.39, 0.29) is 5.91 Å². The lowest BCUT2D eigenvalue weighted by molar-refractivity contribution is -0.116. The summed E-state index contributed by atoms with van der Waals surface area (Å²) in [6.45, 7) is 7.32. The third-order valence-corrected chi connectivity index (χ3v) is 3.64. The summed E-state index contributed by atoms with van der Waals surface area (Å²) < 4.78 is 3.69. The second-order valence-corrected chi connectivity index (χ2v) is 4.93. The van der Waals surface area contributed by atoms with Gasteiger partial charge in [-0.3, -0.25) is 14.2 Å². The number of nitrogens with one attached hydrogen (secondary N) is 1. The van der Waals surface area contributed by atoms with Crippen LogP contribution in [0.4, 0.5) is 0 Å². The van der Waals surface area contributed by atoms with Crippen LogP contribution in [0.3, 0.4) is 0 Å². The van der Waals surface area contributed by atoms with E-state index in [1.807, 2.05) is 32.5 Å². The molecule has 0 saturated carbocycles. The van der Waals surface area contributed by atoms with Gasteiger partial charge in [0.25, 0.3) is 0 Å². The van der Waals surface area contributed by atoms with Crippen molar-refractivity contribution in [3.05, 3.63) is 41.0 Å². The van der Waals surface area contributed by atoms with Crippen LogP contribution in [0.15, 0.2) is 18.5 Å². The Morgan fingerprint density at radius 1 is 1.29 bits per heavy atom. The van der Waals surface area contributed by atoms with Crippen LogP contribution < -0.4 is 5.32 Å². The van der Waals surface area contributed by atoms with E-state index in [0.29, 0.717) is 6.54 Å². The molecule has 0 atom stereocenters. The molecule has 2 rings (SSSR count). The van der Waals surface area contributed by atoms with Gasteiger partial charge in [0.1, 0.15) is 0 Å². The highest BCUT2D eigenvalue weighted by Gasteiger charge is 2.05. The van der Waals surface area contributed by atoms with Crippen molar-refractivity contribution in [3.8, 4) is 0 Å². The molecule has 2 aromatic rings. The smallest absolute Gasteiger partial charge is 0.244 e. The van der Waals surface area contributed by atoms with Gasteiger partial charge < -0.3 is 5.32 Å². The van der Waals surface area contributed by atoms with Crippen LogP contribution in [0.2, 0.25) is 0 Å². The minimum absolute atomic E-state index is 0.123. The van der Waals surface area contributed by atoms with Gasteiger partial charge in [-0.2, -0.15) is 10.2 Å². The number of hydrogen-bond acceptors (Lipinski definition) is 3. The lowest BCUT2D eigenvalue weighted by Crippen LogP contribution is -2.20. The molecule has 0 radical (unpaired) electrons. The summed E-state index contributed by atoms with van der Waals surface area (Å²) >= 11 is 0. The maximum Gasteiger partial charge on any atom is 0.244 e. The molecule has 1 N–H and O–H groups in total. The predicted molar refractivity (Wildman–Crippen MR) is 81.5 cm³/mol. The maximum atomic E-state index is 11.8. The van der Waals surface area contributed by atoms with Crippen LogP contribution in [0.1, 0.15) is 29.4 Å². The van der Waals surface area contributed by atoms with Crippen molar-refractivity contribution < 1.29 is 4.79 Å². The predicted octanol–water partition coefficient (Wildman–Crippen LogP) is 1.58. The molecular weight excluding hydrogens is 266 g/mol. The Labute approximate surface area is 124 Å². The van der Waals surface area contributed by atoms with Gasteiger partial charge in [-0.25, -0.2) is 0 Å². The molecule has 21 heavy (non-hydrogen) atoms. The monoisotopic (exact) mass is 287 g/mol. The fraction of sp³-hybridized carbons (Fsp3) is 0.400. The van der Waals surface area contributed by atoms with Gasteiger partial charge in [-0.15, -0.1) is 0 Å². The molecule has 0 saturated heterocycles. The van der Waals surface area contributed by atoms with Crippen molar-refractivity contribution in [2.75, 3.05) is 0 Å². The second-order valence-electron chi connectivity index (χ2n) is 4.93.